The third-order valence-electron chi connectivity index (χ3n) is 4.88. The highest BCUT2D eigenvalue weighted by Crippen LogP contribution is 2.34. The van der Waals surface area contributed by atoms with Crippen LogP contribution in [0.15, 0.2) is 47.3 Å². The van der Waals surface area contributed by atoms with Gasteiger partial charge in [-0.3, -0.25) is 0 Å². The second-order valence-corrected chi connectivity index (χ2v) is 8.45. The summed E-state index contributed by atoms with van der Waals surface area (Å²) in [5, 5.41) is 5.63. The lowest BCUT2D eigenvalue weighted by molar-refractivity contribution is 0.0241. The predicted molar refractivity (Wildman–Crippen MR) is 110 cm³/mol. The van der Waals surface area contributed by atoms with Crippen LogP contribution in [0.25, 0.3) is 0 Å². The van der Waals surface area contributed by atoms with Gasteiger partial charge in [-0.15, -0.1) is 0 Å². The Bertz CT molecular complexity index is 817. The van der Waals surface area contributed by atoms with Crippen molar-refractivity contribution in [3.63, 3.8) is 0 Å². The highest BCUT2D eigenvalue weighted by Gasteiger charge is 2.36. The number of carbonyl (C=O) groups is 2. The van der Waals surface area contributed by atoms with Crippen molar-refractivity contribution in [1.82, 2.24) is 15.6 Å². The standard InChI is InChI=1S/C22H29N3O5/c1-22(2,3)30-21(27)25-17-11-16(19-13-23-14-28-19)9-10-18(17)29-20(26)24-12-15-7-5-4-6-8-15/h4-8,13-14,16-18H,9-12H2,1-3H3,(H,24,26)(H,25,27). The van der Waals surface area contributed by atoms with Crippen LogP contribution in [0.2, 0.25) is 0 Å². The summed E-state index contributed by atoms with van der Waals surface area (Å²) in [6.07, 6.45) is 3.47. The van der Waals surface area contributed by atoms with Crippen molar-refractivity contribution in [2.24, 2.45) is 0 Å². The number of ether oxygens (including phenoxy) is 2. The van der Waals surface area contributed by atoms with E-state index in [-0.39, 0.29) is 5.92 Å². The van der Waals surface area contributed by atoms with Crippen molar-refractivity contribution < 1.29 is 23.5 Å². The van der Waals surface area contributed by atoms with Gasteiger partial charge in [0, 0.05) is 12.5 Å². The highest BCUT2D eigenvalue weighted by molar-refractivity contribution is 5.69. The van der Waals surface area contributed by atoms with Gasteiger partial charge in [0.05, 0.1) is 12.2 Å². The van der Waals surface area contributed by atoms with E-state index in [9.17, 15) is 9.59 Å². The first-order valence-electron chi connectivity index (χ1n) is 10.2. The molecule has 8 nitrogen and oxygen atoms in total. The van der Waals surface area contributed by atoms with E-state index in [1.165, 1.54) is 6.39 Å². The minimum absolute atomic E-state index is 0.0830. The summed E-state index contributed by atoms with van der Waals surface area (Å²) in [7, 11) is 0. The third kappa shape index (κ3) is 6.50. The minimum Gasteiger partial charge on any atom is -0.448 e. The molecule has 2 N–H and O–H groups in total. The van der Waals surface area contributed by atoms with Crippen LogP contribution in [0.4, 0.5) is 9.59 Å². The van der Waals surface area contributed by atoms with Gasteiger partial charge in [-0.05, 0) is 45.6 Å². The Morgan fingerprint density at radius 1 is 1.17 bits per heavy atom. The van der Waals surface area contributed by atoms with E-state index in [2.05, 4.69) is 15.6 Å². The van der Waals surface area contributed by atoms with Gasteiger partial charge in [0.2, 0.25) is 0 Å². The van der Waals surface area contributed by atoms with E-state index < -0.39 is 29.9 Å². The normalized spacial score (nSPS) is 21.5. The molecule has 0 saturated heterocycles. The highest BCUT2D eigenvalue weighted by atomic mass is 16.6. The molecule has 2 amide bonds. The molecule has 1 aromatic heterocycles. The molecule has 1 fully saturated rings. The fourth-order valence-electron chi connectivity index (χ4n) is 3.53. The van der Waals surface area contributed by atoms with Gasteiger partial charge in [0.25, 0.3) is 0 Å². The average molecular weight is 415 g/mol. The Hall–Kier alpha value is -3.03. The molecule has 1 saturated carbocycles. The third-order valence-corrected chi connectivity index (χ3v) is 4.88. The molecule has 1 heterocycles. The van der Waals surface area contributed by atoms with E-state index >= 15 is 0 Å². The van der Waals surface area contributed by atoms with E-state index in [4.69, 9.17) is 13.9 Å². The number of nitrogens with zero attached hydrogens (tertiary/aromatic N) is 1. The van der Waals surface area contributed by atoms with Gasteiger partial charge in [0.15, 0.2) is 6.39 Å². The van der Waals surface area contributed by atoms with Crippen molar-refractivity contribution in [3.05, 3.63) is 54.2 Å². The molecule has 0 bridgehead atoms. The monoisotopic (exact) mass is 415 g/mol. The molecule has 3 atom stereocenters. The Morgan fingerprint density at radius 3 is 2.60 bits per heavy atom. The Morgan fingerprint density at radius 2 is 1.93 bits per heavy atom. The number of rotatable bonds is 5. The lowest BCUT2D eigenvalue weighted by Crippen LogP contribution is -2.50. The molecule has 3 unspecified atom stereocenters. The molecule has 1 aliphatic carbocycles. The summed E-state index contributed by atoms with van der Waals surface area (Å²) in [6.45, 7) is 5.78. The summed E-state index contributed by atoms with van der Waals surface area (Å²) in [6, 6.07) is 9.20. The van der Waals surface area contributed by atoms with Crippen LogP contribution in [0.3, 0.4) is 0 Å². The summed E-state index contributed by atoms with van der Waals surface area (Å²) in [4.78, 5) is 28.7. The van der Waals surface area contributed by atoms with Gasteiger partial charge in [-0.2, -0.15) is 0 Å². The molecule has 1 aliphatic rings. The molecule has 0 aliphatic heterocycles. The van der Waals surface area contributed by atoms with E-state index in [1.54, 1.807) is 27.0 Å². The van der Waals surface area contributed by atoms with Gasteiger partial charge >= 0.3 is 12.2 Å². The average Bonchev–Trinajstić information content (AvgIpc) is 3.22. The zero-order valence-electron chi connectivity index (χ0n) is 17.6. The largest absolute Gasteiger partial charge is 0.448 e. The second kappa shape index (κ2) is 9.65. The summed E-state index contributed by atoms with van der Waals surface area (Å²) in [5.41, 5.74) is 0.360. The summed E-state index contributed by atoms with van der Waals surface area (Å²) in [5.74, 6) is 0.845. The van der Waals surface area contributed by atoms with Crippen LogP contribution < -0.4 is 10.6 Å². The zero-order chi connectivity index (χ0) is 21.6. The molecule has 0 radical (unpaired) electrons. The molecule has 0 spiro atoms. The van der Waals surface area contributed by atoms with Crippen molar-refractivity contribution >= 4 is 12.2 Å². The van der Waals surface area contributed by atoms with Crippen LogP contribution in [-0.2, 0) is 16.0 Å². The van der Waals surface area contributed by atoms with Crippen molar-refractivity contribution in [1.29, 1.82) is 0 Å². The van der Waals surface area contributed by atoms with Crippen LogP contribution in [0.1, 0.15) is 57.3 Å². The summed E-state index contributed by atoms with van der Waals surface area (Å²) < 4.78 is 16.5. The topological polar surface area (TPSA) is 103 Å². The number of hydrogen-bond donors (Lipinski definition) is 2. The SMILES string of the molecule is CC(C)(C)OC(=O)NC1CC(c2cnco2)CCC1OC(=O)NCc1ccccc1. The Labute approximate surface area is 176 Å². The molecular weight excluding hydrogens is 386 g/mol. The molecule has 30 heavy (non-hydrogen) atoms. The van der Waals surface area contributed by atoms with E-state index in [1.807, 2.05) is 30.3 Å². The molecule has 1 aromatic carbocycles. The van der Waals surface area contributed by atoms with E-state index in [0.29, 0.717) is 19.4 Å². The van der Waals surface area contributed by atoms with Crippen LogP contribution in [0.5, 0.6) is 0 Å². The van der Waals surface area contributed by atoms with Gasteiger partial charge < -0.3 is 24.5 Å². The number of alkyl carbamates (subject to hydrolysis) is 2. The number of benzene rings is 1. The number of carbonyl (C=O) groups excluding carboxylic acids is 2. The van der Waals surface area contributed by atoms with Crippen LogP contribution >= 0.6 is 0 Å². The maximum atomic E-state index is 12.3. The smallest absolute Gasteiger partial charge is 0.408 e. The minimum atomic E-state index is -0.619. The number of oxazole rings is 1. The van der Waals surface area contributed by atoms with Crippen molar-refractivity contribution in [2.45, 2.75) is 70.2 Å². The first-order chi connectivity index (χ1) is 14.3. The van der Waals surface area contributed by atoms with Crippen LogP contribution in [-0.4, -0.2) is 34.9 Å². The molecule has 2 aromatic rings. The maximum Gasteiger partial charge on any atom is 0.408 e. The summed E-state index contributed by atoms with van der Waals surface area (Å²) >= 11 is 0. The first kappa shape index (κ1) is 21.7. The molecule has 162 valence electrons. The van der Waals surface area contributed by atoms with Crippen LogP contribution in [0, 0.1) is 0 Å². The van der Waals surface area contributed by atoms with Crippen molar-refractivity contribution in [2.75, 3.05) is 0 Å². The second-order valence-electron chi connectivity index (χ2n) is 8.45. The molecule has 3 rings (SSSR count). The van der Waals surface area contributed by atoms with E-state index in [0.717, 1.165) is 17.7 Å². The Kier molecular flexibility index (Phi) is 6.97. The Balaban J connectivity index is 1.61. The lowest BCUT2D eigenvalue weighted by atomic mass is 9.82. The maximum absolute atomic E-state index is 12.3. The number of hydrogen-bond acceptors (Lipinski definition) is 6. The number of nitrogens with one attached hydrogen (secondary N) is 2. The predicted octanol–water partition coefficient (Wildman–Crippen LogP) is 4.13. The zero-order valence-corrected chi connectivity index (χ0v) is 17.6. The first-order valence-corrected chi connectivity index (χ1v) is 10.2. The fourth-order valence-corrected chi connectivity index (χ4v) is 3.53. The number of aromatic nitrogens is 1. The quantitative estimate of drug-likeness (QED) is 0.761. The molecule has 8 heteroatoms. The molecular formula is C22H29N3O5. The fraction of sp³-hybridized carbons (Fsp3) is 0.500. The van der Waals surface area contributed by atoms with Crippen molar-refractivity contribution in [3.8, 4) is 0 Å². The number of amides is 2. The van der Waals surface area contributed by atoms with Gasteiger partial charge in [-0.25, -0.2) is 14.6 Å². The van der Waals surface area contributed by atoms with Gasteiger partial charge in [-0.1, -0.05) is 30.3 Å². The lowest BCUT2D eigenvalue weighted by Gasteiger charge is -2.35. The van der Waals surface area contributed by atoms with Gasteiger partial charge in [0.1, 0.15) is 17.5 Å².